The van der Waals surface area contributed by atoms with Crippen LogP contribution in [0.4, 0.5) is 0 Å². The predicted octanol–water partition coefficient (Wildman–Crippen LogP) is -30.7. The number of hydrogen-bond donors (Lipinski definition) is 49. The van der Waals surface area contributed by atoms with Crippen LogP contribution in [0, 0.1) is 0 Å². The van der Waals surface area contributed by atoms with E-state index < -0.39 is 399 Å². The van der Waals surface area contributed by atoms with Gasteiger partial charge in [0.25, 0.3) is 0 Å². The highest BCUT2D eigenvalue weighted by molar-refractivity contribution is 5.80. The standard InChI is InChI=1S/4C7H13NO7.C7H13NO6.5C6H11NO5/c3*8-7(6(13)14)5(12)3(11)4(15-7)2(10)1-9;8-7(6(13)14)5(12)4(11)3(10)2(1-9)15-7;8-3-5(11)4(10)2(1-9)14-6(3)7(12)13;5*7-3-4(9)2(1-8)12-5(3)6(10)11/h4*2-5,9-12H,1,8H2,(H,13,14);2-6,9-11H,1,8H2,(H,12,13);5*2-5,8-9H,1,7H2,(H,10,11)/t2-,3+,4+,5+,7+;2-,3+,4+,5-,7+;2-,3+,4-,5+,7+;2?,3-,4+,5?,7-;2?,3?,4-,5-,6-;2-,3+,4+,5+;2-,3+,4-,5+;2-,3-,4+,5+;2-,3-,4-,5+;2-,3-,4-,5-/m0001111110/s1. The van der Waals surface area contributed by atoms with E-state index >= 15 is 0 Å². The van der Waals surface area contributed by atoms with Crippen LogP contribution < -0.4 is 57.3 Å². The van der Waals surface area contributed by atoms with E-state index in [4.69, 9.17) is 203 Å². The van der Waals surface area contributed by atoms with Gasteiger partial charge in [0.1, 0.15) is 177 Å². The van der Waals surface area contributed by atoms with Crippen molar-refractivity contribution in [1.29, 1.82) is 0 Å². The minimum Gasteiger partial charge on any atom is -0.479 e. The molecule has 10 heterocycles. The second kappa shape index (κ2) is 54.3. The molecule has 10 fully saturated rings. The molecule has 0 aliphatic carbocycles. The van der Waals surface area contributed by atoms with E-state index in [9.17, 15) is 130 Å². The summed E-state index contributed by atoms with van der Waals surface area (Å²) in [6.07, 6.45) is -47.7. The van der Waals surface area contributed by atoms with Crippen LogP contribution >= 0.6 is 0 Å². The van der Waals surface area contributed by atoms with Gasteiger partial charge in [-0.15, -0.1) is 0 Å². The fourth-order valence-corrected chi connectivity index (χ4v) is 12.7. The molecule has 0 aromatic carbocycles. The summed E-state index contributed by atoms with van der Waals surface area (Å²) in [5, 5.41) is 348. The highest BCUT2D eigenvalue weighted by atomic mass is 16.6. The molecule has 0 bridgehead atoms. The molecule has 59 N–H and O–H groups in total. The third-order valence-corrected chi connectivity index (χ3v) is 20.9. The minimum absolute atomic E-state index is 0.432. The summed E-state index contributed by atoms with van der Waals surface area (Å²) in [7, 11) is 0. The average Bonchev–Trinajstić information content (AvgIpc) is 1.31. The number of aliphatic hydroxyl groups is 29. The molecule has 10 rings (SSSR count). The highest BCUT2D eigenvalue weighted by Crippen LogP contribution is 2.34. The zero-order valence-corrected chi connectivity index (χ0v) is 69.1. The number of aliphatic hydroxyl groups excluding tert-OH is 29. The summed E-state index contributed by atoms with van der Waals surface area (Å²) in [5.41, 5.74) is 42.8. The zero-order valence-electron chi connectivity index (χ0n) is 69.1. The second-order valence-corrected chi connectivity index (χ2v) is 30.1. The van der Waals surface area contributed by atoms with Crippen LogP contribution in [0.1, 0.15) is 0 Å². The first-order valence-corrected chi connectivity index (χ1v) is 38.4. The van der Waals surface area contributed by atoms with Crippen molar-refractivity contribution in [3.05, 3.63) is 0 Å². The molecular weight excluding hydrogens is 1860 g/mol. The Morgan fingerprint density at radius 1 is 0.224 bits per heavy atom. The maximum absolute atomic E-state index is 10.7. The van der Waals surface area contributed by atoms with Gasteiger partial charge in [0, 0.05) is 0 Å². The van der Waals surface area contributed by atoms with Gasteiger partial charge >= 0.3 is 59.7 Å². The molecule has 10 aliphatic heterocycles. The quantitative estimate of drug-likeness (QED) is 0.0452. The largest absolute Gasteiger partial charge is 0.479 e. The first kappa shape index (κ1) is 125. The molecule has 0 radical (unpaired) electrons. The Balaban J connectivity index is 0.000000745. The van der Waals surface area contributed by atoms with Crippen molar-refractivity contribution >= 4 is 59.7 Å². The van der Waals surface area contributed by atoms with Crippen molar-refractivity contribution in [2.75, 3.05) is 66.1 Å². The van der Waals surface area contributed by atoms with Crippen molar-refractivity contribution in [3.8, 4) is 0 Å². The Kier molecular flexibility index (Phi) is 50.6. The van der Waals surface area contributed by atoms with Gasteiger partial charge in [-0.25, -0.2) is 47.9 Å². The van der Waals surface area contributed by atoms with Gasteiger partial charge in [-0.1, -0.05) is 0 Å². The molecule has 134 heavy (non-hydrogen) atoms. The van der Waals surface area contributed by atoms with E-state index in [1.807, 2.05) is 0 Å². The molecule has 45 atom stereocenters. The maximum Gasteiger partial charge on any atom is 0.354 e. The number of carbonyl (C=O) groups is 10. The Morgan fingerprint density at radius 3 is 0.507 bits per heavy atom. The highest BCUT2D eigenvalue weighted by Gasteiger charge is 2.63. The molecule has 10 saturated heterocycles. The number of aliphatic carboxylic acids is 10. The molecule has 0 aromatic rings. The Bertz CT molecular complexity index is 3330. The minimum atomic E-state index is -2.54. The van der Waals surface area contributed by atoms with Gasteiger partial charge in [0.15, 0.2) is 36.6 Å². The van der Waals surface area contributed by atoms with Crippen LogP contribution in [-0.2, 0) is 95.3 Å². The molecule has 10 aliphatic rings. The van der Waals surface area contributed by atoms with Crippen molar-refractivity contribution in [3.63, 3.8) is 0 Å². The van der Waals surface area contributed by atoms with Crippen molar-refractivity contribution < 1.29 is 294 Å². The number of hydrogen-bond acceptors (Lipinski definition) is 59. The Morgan fingerprint density at radius 2 is 0.373 bits per heavy atom. The lowest BCUT2D eigenvalue weighted by Crippen LogP contribution is -2.72. The molecule has 784 valence electrons. The SMILES string of the molecule is NC1[C@@H](O)[C@H](O)C(CO)O[C@H]1C(=O)O.N[C@@H]1[C@@H](O)[C@@H](CO)O[C@@H]1C(=O)O.N[C@@H]1[C@H](O)[C@@H](CO)O[C@@H]1C(=O)O.N[C@@]1(C(=O)O)OC(CO)[C@@H](O)[C@H](O)C1O.N[C@@]1(C(=O)O)O[C@@H]([C@@H](O)CO)[C@@H](O)[C@H]1O.N[C@@]1(C(=O)O)O[C@H]([C@@H](O)CO)[C@@H](O)[C@@H]1O.N[C@@]1(C(=O)O)O[C@H]([C@@H](O)CO)[C@@H](O)[C@H]1O.N[C@H]1[C@@H](O)[C@@H](CO)O[C@@H]1C(=O)O.N[C@H]1[C@@H](O)[C@H](CO)O[C@@H]1C(=O)O.N[C@H]1[C@H](O)[C@@H](CO)O[C@@H]1C(=O)O. The number of carboxylic acids is 10. The van der Waals surface area contributed by atoms with E-state index in [1.54, 1.807) is 0 Å². The normalized spacial score (nSPS) is 42.8. The monoisotopic (exact) mass is 1980 g/mol. The van der Waals surface area contributed by atoms with Gasteiger partial charge in [-0.3, -0.25) is 22.9 Å². The van der Waals surface area contributed by atoms with Crippen LogP contribution in [-0.4, -0.2) is 598 Å². The molecule has 0 amide bonds. The smallest absolute Gasteiger partial charge is 0.354 e. The van der Waals surface area contributed by atoms with Gasteiger partial charge in [-0.05, 0) is 0 Å². The third kappa shape index (κ3) is 29.9. The molecule has 69 heteroatoms. The second-order valence-electron chi connectivity index (χ2n) is 30.1. The van der Waals surface area contributed by atoms with E-state index in [-0.39, 0.29) is 0 Å². The number of carboxylic acid groups (broad SMARTS) is 10. The van der Waals surface area contributed by atoms with Gasteiger partial charge < -0.3 is 281 Å². The van der Waals surface area contributed by atoms with E-state index in [0.717, 1.165) is 0 Å². The number of rotatable bonds is 23. The Hall–Kier alpha value is -7.26. The van der Waals surface area contributed by atoms with E-state index in [2.05, 4.69) is 18.9 Å². The first-order valence-electron chi connectivity index (χ1n) is 38.4. The van der Waals surface area contributed by atoms with Gasteiger partial charge in [0.05, 0.1) is 102 Å². The van der Waals surface area contributed by atoms with Crippen LogP contribution in [0.3, 0.4) is 0 Å². The third-order valence-electron chi connectivity index (χ3n) is 20.9. The Labute approximate surface area is 748 Å². The summed E-state index contributed by atoms with van der Waals surface area (Å²) >= 11 is 0. The summed E-state index contributed by atoms with van der Waals surface area (Å²) in [6.45, 7) is -5.70. The zero-order chi connectivity index (χ0) is 105. The van der Waals surface area contributed by atoms with Crippen LogP contribution in [0.15, 0.2) is 0 Å². The van der Waals surface area contributed by atoms with E-state index in [1.165, 1.54) is 0 Å². The lowest BCUT2D eigenvalue weighted by molar-refractivity contribution is -0.271. The summed E-state index contributed by atoms with van der Waals surface area (Å²) in [6, 6.07) is -6.07. The topological polar surface area (TPSA) is 1310 Å². The fraction of sp³-hybridized carbons (Fsp3) is 0.846. The van der Waals surface area contributed by atoms with Crippen molar-refractivity contribution in [1.82, 2.24) is 0 Å². The molecule has 0 saturated carbocycles. The van der Waals surface area contributed by atoms with Crippen molar-refractivity contribution in [2.24, 2.45) is 57.3 Å². The van der Waals surface area contributed by atoms with Crippen LogP contribution in [0.2, 0.25) is 0 Å². The van der Waals surface area contributed by atoms with Gasteiger partial charge in [-0.2, -0.15) is 0 Å². The first-order chi connectivity index (χ1) is 61.7. The van der Waals surface area contributed by atoms with Crippen molar-refractivity contribution in [2.45, 2.75) is 273 Å². The molecule has 0 spiro atoms. The average molecular weight is 1990 g/mol. The summed E-state index contributed by atoms with van der Waals surface area (Å²) in [4.78, 5) is 105. The lowest BCUT2D eigenvalue weighted by Gasteiger charge is -2.43. The molecular formula is C65H120N10O59. The predicted molar refractivity (Wildman–Crippen MR) is 408 cm³/mol. The molecule has 4 unspecified atom stereocenters. The summed E-state index contributed by atoms with van der Waals surface area (Å²) in [5.74, 6) is -14.1. The van der Waals surface area contributed by atoms with Crippen LogP contribution in [0.5, 0.6) is 0 Å². The summed E-state index contributed by atoms with van der Waals surface area (Å²) < 4.78 is 47.3. The maximum atomic E-state index is 10.7. The van der Waals surface area contributed by atoms with Gasteiger partial charge in [0.2, 0.25) is 22.9 Å². The fourth-order valence-electron chi connectivity index (χ4n) is 12.7. The number of nitrogens with two attached hydrogens (primary N) is 10. The lowest BCUT2D eigenvalue weighted by atomic mass is 9.91. The molecule has 0 aromatic heterocycles. The molecule has 69 nitrogen and oxygen atoms in total. The number of ether oxygens (including phenoxy) is 10. The van der Waals surface area contributed by atoms with Crippen LogP contribution in [0.25, 0.3) is 0 Å². The van der Waals surface area contributed by atoms with E-state index in [0.29, 0.717) is 0 Å².